The number of rotatable bonds is 2. The summed E-state index contributed by atoms with van der Waals surface area (Å²) in [7, 11) is 0. The molecule has 0 aliphatic heterocycles. The van der Waals surface area contributed by atoms with E-state index in [1.54, 1.807) is 6.08 Å². The highest BCUT2D eigenvalue weighted by Gasteiger charge is 1.84. The minimum Gasteiger partial charge on any atom is -0.405 e. The second kappa shape index (κ2) is 3.89. The first-order valence-corrected chi connectivity index (χ1v) is 2.74. The third-order valence-electron chi connectivity index (χ3n) is 0.790. The lowest BCUT2D eigenvalue weighted by Gasteiger charge is -1.85. The van der Waals surface area contributed by atoms with Crippen molar-refractivity contribution in [3.8, 4) is 0 Å². The molecule has 2 N–H and O–H groups in total. The van der Waals surface area contributed by atoms with E-state index in [-0.39, 0.29) is 5.78 Å². The van der Waals surface area contributed by atoms with Crippen molar-refractivity contribution in [3.05, 3.63) is 23.9 Å². The van der Waals surface area contributed by atoms with Crippen molar-refractivity contribution in [2.24, 2.45) is 5.73 Å². The van der Waals surface area contributed by atoms with Gasteiger partial charge in [-0.2, -0.15) is 0 Å². The Bertz CT molecular complexity index is 156. The van der Waals surface area contributed by atoms with Gasteiger partial charge in [0.05, 0.1) is 0 Å². The van der Waals surface area contributed by atoms with Crippen LogP contribution in [0.25, 0.3) is 0 Å². The van der Waals surface area contributed by atoms with Crippen LogP contribution in [0.15, 0.2) is 23.9 Å². The third-order valence-corrected chi connectivity index (χ3v) is 0.790. The van der Waals surface area contributed by atoms with Crippen molar-refractivity contribution in [2.45, 2.75) is 13.8 Å². The van der Waals surface area contributed by atoms with Gasteiger partial charge in [0.15, 0.2) is 5.78 Å². The van der Waals surface area contributed by atoms with E-state index in [0.717, 1.165) is 5.57 Å². The second-order valence-electron chi connectivity index (χ2n) is 1.86. The van der Waals surface area contributed by atoms with Gasteiger partial charge < -0.3 is 5.73 Å². The second-order valence-corrected chi connectivity index (χ2v) is 1.86. The molecule has 0 saturated heterocycles. The molecule has 0 bridgehead atoms. The minimum atomic E-state index is 0.0469. The molecule has 0 aliphatic rings. The molecule has 0 spiro atoms. The Morgan fingerprint density at radius 1 is 1.44 bits per heavy atom. The summed E-state index contributed by atoms with van der Waals surface area (Å²) in [4.78, 5) is 10.4. The van der Waals surface area contributed by atoms with Crippen LogP contribution in [0, 0.1) is 0 Å². The first-order valence-electron chi connectivity index (χ1n) is 2.74. The van der Waals surface area contributed by atoms with E-state index in [9.17, 15) is 4.79 Å². The van der Waals surface area contributed by atoms with Crippen LogP contribution < -0.4 is 5.73 Å². The predicted octanol–water partition coefficient (Wildman–Crippen LogP) is 0.994. The molecule has 0 aromatic carbocycles. The van der Waals surface area contributed by atoms with Crippen molar-refractivity contribution < 1.29 is 4.79 Å². The highest BCUT2D eigenvalue weighted by atomic mass is 16.1. The monoisotopic (exact) mass is 125 g/mol. The average Bonchev–Trinajstić information content (AvgIpc) is 1.63. The summed E-state index contributed by atoms with van der Waals surface area (Å²) in [5.74, 6) is 0.0469. The van der Waals surface area contributed by atoms with E-state index in [0.29, 0.717) is 0 Å². The lowest BCUT2D eigenvalue weighted by molar-refractivity contribution is -0.112. The van der Waals surface area contributed by atoms with Gasteiger partial charge in [-0.05, 0) is 37.8 Å². The molecule has 0 heterocycles. The SMILES string of the molecule is CC(=O)/C=C(C)\C=C/N. The van der Waals surface area contributed by atoms with Crippen LogP contribution in [-0.2, 0) is 4.79 Å². The van der Waals surface area contributed by atoms with Crippen LogP contribution >= 0.6 is 0 Å². The fourth-order valence-corrected chi connectivity index (χ4v) is 0.521. The number of hydrogen-bond acceptors (Lipinski definition) is 2. The highest BCUT2D eigenvalue weighted by molar-refractivity contribution is 5.88. The summed E-state index contributed by atoms with van der Waals surface area (Å²) in [5.41, 5.74) is 5.95. The molecule has 0 fully saturated rings. The molecule has 0 aliphatic carbocycles. The Kier molecular flexibility index (Phi) is 3.44. The van der Waals surface area contributed by atoms with Gasteiger partial charge in [-0.25, -0.2) is 0 Å². The van der Waals surface area contributed by atoms with Gasteiger partial charge in [-0.1, -0.05) is 0 Å². The zero-order valence-corrected chi connectivity index (χ0v) is 5.72. The van der Waals surface area contributed by atoms with Gasteiger partial charge in [-0.15, -0.1) is 0 Å². The number of carbonyl (C=O) groups is 1. The van der Waals surface area contributed by atoms with Crippen molar-refractivity contribution in [1.29, 1.82) is 0 Å². The normalized spacial score (nSPS) is 12.4. The van der Waals surface area contributed by atoms with E-state index in [1.165, 1.54) is 19.2 Å². The quantitative estimate of drug-likeness (QED) is 0.442. The largest absolute Gasteiger partial charge is 0.405 e. The molecule has 0 amide bonds. The molecule has 0 saturated carbocycles. The third kappa shape index (κ3) is 4.81. The Balaban J connectivity index is 4.00. The zero-order valence-electron chi connectivity index (χ0n) is 5.72. The summed E-state index contributed by atoms with van der Waals surface area (Å²) in [6, 6.07) is 0. The van der Waals surface area contributed by atoms with Crippen molar-refractivity contribution >= 4 is 5.78 Å². The van der Waals surface area contributed by atoms with Gasteiger partial charge in [0.1, 0.15) is 0 Å². The van der Waals surface area contributed by atoms with Crippen molar-refractivity contribution in [1.82, 2.24) is 0 Å². The number of hydrogen-bond donors (Lipinski definition) is 1. The van der Waals surface area contributed by atoms with Crippen LogP contribution in [0.3, 0.4) is 0 Å². The number of nitrogens with two attached hydrogens (primary N) is 1. The predicted molar refractivity (Wildman–Crippen MR) is 37.8 cm³/mol. The Labute approximate surface area is 55.1 Å². The molecule has 2 heteroatoms. The summed E-state index contributed by atoms with van der Waals surface area (Å²) >= 11 is 0. The van der Waals surface area contributed by atoms with Gasteiger partial charge in [0, 0.05) is 0 Å². The summed E-state index contributed by atoms with van der Waals surface area (Å²) < 4.78 is 0. The Hall–Kier alpha value is -1.05. The van der Waals surface area contributed by atoms with Gasteiger partial charge in [-0.3, -0.25) is 4.79 Å². The maximum atomic E-state index is 10.4. The van der Waals surface area contributed by atoms with Crippen molar-refractivity contribution in [3.63, 3.8) is 0 Å². The first kappa shape index (κ1) is 7.95. The summed E-state index contributed by atoms with van der Waals surface area (Å²) in [6.45, 7) is 3.33. The average molecular weight is 125 g/mol. The molecule has 0 radical (unpaired) electrons. The molecule has 0 aromatic rings. The van der Waals surface area contributed by atoms with Gasteiger partial charge >= 0.3 is 0 Å². The molecule has 0 unspecified atom stereocenters. The van der Waals surface area contributed by atoms with E-state index in [4.69, 9.17) is 5.73 Å². The number of allylic oxidation sites excluding steroid dienone is 3. The number of ketones is 1. The summed E-state index contributed by atoms with van der Waals surface area (Å²) in [6.07, 6.45) is 4.62. The fraction of sp³-hybridized carbons (Fsp3) is 0.286. The van der Waals surface area contributed by atoms with E-state index in [2.05, 4.69) is 0 Å². The van der Waals surface area contributed by atoms with E-state index >= 15 is 0 Å². The zero-order chi connectivity index (χ0) is 7.28. The van der Waals surface area contributed by atoms with Gasteiger partial charge in [0.25, 0.3) is 0 Å². The highest BCUT2D eigenvalue weighted by Crippen LogP contribution is 1.92. The lowest BCUT2D eigenvalue weighted by atomic mass is 10.2. The maximum absolute atomic E-state index is 10.4. The van der Waals surface area contributed by atoms with Crippen LogP contribution in [0.5, 0.6) is 0 Å². The Morgan fingerprint density at radius 2 is 2.00 bits per heavy atom. The smallest absolute Gasteiger partial charge is 0.152 e. The number of carbonyl (C=O) groups excluding carboxylic acids is 1. The standard InChI is InChI=1S/C7H11NO/c1-6(3-4-8)5-7(2)9/h3-5H,8H2,1-2H3/b4-3-,6-5-. The maximum Gasteiger partial charge on any atom is 0.152 e. The molecule has 9 heavy (non-hydrogen) atoms. The molecule has 50 valence electrons. The molecular weight excluding hydrogens is 114 g/mol. The van der Waals surface area contributed by atoms with Crippen molar-refractivity contribution in [2.75, 3.05) is 0 Å². The first-order chi connectivity index (χ1) is 4.16. The topological polar surface area (TPSA) is 43.1 Å². The van der Waals surface area contributed by atoms with Crippen LogP contribution in [0.1, 0.15) is 13.8 Å². The molecule has 0 rings (SSSR count). The van der Waals surface area contributed by atoms with Gasteiger partial charge in [0.2, 0.25) is 0 Å². The molecule has 0 aromatic heterocycles. The van der Waals surface area contributed by atoms with Crippen LogP contribution in [0.4, 0.5) is 0 Å². The molecule has 2 nitrogen and oxygen atoms in total. The Morgan fingerprint density at radius 3 is 2.33 bits per heavy atom. The minimum absolute atomic E-state index is 0.0469. The van der Waals surface area contributed by atoms with E-state index < -0.39 is 0 Å². The fourth-order valence-electron chi connectivity index (χ4n) is 0.521. The van der Waals surface area contributed by atoms with Crippen LogP contribution in [0.2, 0.25) is 0 Å². The summed E-state index contributed by atoms with van der Waals surface area (Å²) in [5, 5.41) is 0. The lowest BCUT2D eigenvalue weighted by Crippen LogP contribution is -1.84. The molecule has 0 atom stereocenters. The van der Waals surface area contributed by atoms with Crippen LogP contribution in [-0.4, -0.2) is 5.78 Å². The molecular formula is C7H11NO. The van der Waals surface area contributed by atoms with E-state index in [1.807, 2.05) is 6.92 Å².